The third-order valence-corrected chi connectivity index (χ3v) is 2.95. The Morgan fingerprint density at radius 1 is 1.24 bits per heavy atom. The number of hydrogen-bond acceptors (Lipinski definition) is 4. The molecule has 0 radical (unpaired) electrons. The molecule has 0 aliphatic rings. The molecule has 0 amide bonds. The van der Waals surface area contributed by atoms with Gasteiger partial charge in [0.2, 0.25) is 5.95 Å². The van der Waals surface area contributed by atoms with Crippen LogP contribution in [0.5, 0.6) is 0 Å². The highest BCUT2D eigenvalue weighted by Gasteiger charge is 2.34. The maximum absolute atomic E-state index is 13.0. The van der Waals surface area contributed by atoms with Crippen molar-refractivity contribution in [2.24, 2.45) is 0 Å². The highest BCUT2D eigenvalue weighted by Crippen LogP contribution is 2.32. The fourth-order valence-electron chi connectivity index (χ4n) is 1.85. The summed E-state index contributed by atoms with van der Waals surface area (Å²) in [6.07, 6.45) is -2.83. The average Bonchev–Trinajstić information content (AvgIpc) is 2.78. The Hall–Kier alpha value is -2.12. The van der Waals surface area contributed by atoms with E-state index in [-0.39, 0.29) is 11.6 Å². The van der Waals surface area contributed by atoms with E-state index < -0.39 is 11.9 Å². The molecular weight excluding hydrogens is 283 g/mol. The monoisotopic (exact) mass is 299 g/mol. The zero-order valence-electron chi connectivity index (χ0n) is 12.2. The standard InChI is InChI=1S/C13H16F3N5/c1-5-21-7-9(8(2)19-21)10-6-11(13(14,15)16)18-12(17-10)20(3)4/h6-7H,5H2,1-4H3. The van der Waals surface area contributed by atoms with E-state index >= 15 is 0 Å². The van der Waals surface area contributed by atoms with Gasteiger partial charge in [0.1, 0.15) is 0 Å². The first-order valence-electron chi connectivity index (χ1n) is 6.40. The number of nitrogens with zero attached hydrogens (tertiary/aromatic N) is 5. The minimum absolute atomic E-state index is 0.0171. The summed E-state index contributed by atoms with van der Waals surface area (Å²) in [5, 5.41) is 4.23. The van der Waals surface area contributed by atoms with Crippen molar-refractivity contribution in [3.63, 3.8) is 0 Å². The SMILES string of the molecule is CCn1cc(-c2cc(C(F)(F)F)nc(N(C)C)n2)c(C)n1. The van der Waals surface area contributed by atoms with E-state index in [1.807, 2.05) is 6.92 Å². The van der Waals surface area contributed by atoms with Crippen LogP contribution >= 0.6 is 0 Å². The highest BCUT2D eigenvalue weighted by atomic mass is 19.4. The van der Waals surface area contributed by atoms with Gasteiger partial charge in [-0.1, -0.05) is 0 Å². The molecule has 21 heavy (non-hydrogen) atoms. The van der Waals surface area contributed by atoms with Gasteiger partial charge < -0.3 is 4.90 Å². The molecule has 0 aromatic carbocycles. The average molecular weight is 299 g/mol. The Balaban J connectivity index is 2.62. The lowest BCUT2D eigenvalue weighted by atomic mass is 10.1. The van der Waals surface area contributed by atoms with Gasteiger partial charge in [0.05, 0.1) is 11.4 Å². The Morgan fingerprint density at radius 3 is 2.38 bits per heavy atom. The molecule has 2 aromatic heterocycles. The third kappa shape index (κ3) is 3.14. The molecule has 0 atom stereocenters. The van der Waals surface area contributed by atoms with Gasteiger partial charge in [-0.05, 0) is 19.9 Å². The van der Waals surface area contributed by atoms with Crippen LogP contribution in [0.3, 0.4) is 0 Å². The molecule has 0 aliphatic heterocycles. The molecule has 2 heterocycles. The number of rotatable bonds is 3. The third-order valence-electron chi connectivity index (χ3n) is 2.95. The van der Waals surface area contributed by atoms with Crippen LogP contribution in [0, 0.1) is 6.92 Å². The maximum atomic E-state index is 13.0. The molecule has 5 nitrogen and oxygen atoms in total. The van der Waals surface area contributed by atoms with E-state index in [9.17, 15) is 13.2 Å². The minimum Gasteiger partial charge on any atom is -0.347 e. The molecule has 0 aliphatic carbocycles. The summed E-state index contributed by atoms with van der Waals surface area (Å²) >= 11 is 0. The zero-order valence-corrected chi connectivity index (χ0v) is 12.2. The van der Waals surface area contributed by atoms with Crippen LogP contribution in [0.25, 0.3) is 11.3 Å². The molecule has 0 N–H and O–H groups in total. The van der Waals surface area contributed by atoms with Crippen molar-refractivity contribution in [2.45, 2.75) is 26.6 Å². The van der Waals surface area contributed by atoms with Crippen LogP contribution in [-0.2, 0) is 12.7 Å². The van der Waals surface area contributed by atoms with Crippen LogP contribution in [0.4, 0.5) is 19.1 Å². The molecule has 0 saturated heterocycles. The number of aryl methyl sites for hydroxylation is 2. The fourth-order valence-corrected chi connectivity index (χ4v) is 1.85. The smallest absolute Gasteiger partial charge is 0.347 e. The van der Waals surface area contributed by atoms with Crippen LogP contribution in [0.1, 0.15) is 18.3 Å². The summed E-state index contributed by atoms with van der Waals surface area (Å²) in [5.74, 6) is 0.0171. The number of halogens is 3. The van der Waals surface area contributed by atoms with Gasteiger partial charge in [0, 0.05) is 32.4 Å². The van der Waals surface area contributed by atoms with Gasteiger partial charge in [-0.15, -0.1) is 0 Å². The predicted octanol–water partition coefficient (Wildman–Crippen LogP) is 2.75. The summed E-state index contributed by atoms with van der Waals surface area (Å²) in [5.41, 5.74) is 0.472. The van der Waals surface area contributed by atoms with Gasteiger partial charge in [-0.2, -0.15) is 18.3 Å². The molecule has 0 saturated carbocycles. The molecule has 2 aromatic rings. The second kappa shape index (κ2) is 5.34. The van der Waals surface area contributed by atoms with Crippen molar-refractivity contribution in [3.8, 4) is 11.3 Å². The molecule has 0 spiro atoms. The van der Waals surface area contributed by atoms with E-state index in [4.69, 9.17) is 0 Å². The van der Waals surface area contributed by atoms with E-state index in [2.05, 4.69) is 15.1 Å². The van der Waals surface area contributed by atoms with E-state index in [1.54, 1.807) is 31.9 Å². The van der Waals surface area contributed by atoms with Crippen molar-refractivity contribution >= 4 is 5.95 Å². The second-order valence-electron chi connectivity index (χ2n) is 4.81. The Bertz CT molecular complexity index is 646. The van der Waals surface area contributed by atoms with Crippen molar-refractivity contribution in [2.75, 3.05) is 19.0 Å². The van der Waals surface area contributed by atoms with E-state index in [0.29, 0.717) is 17.8 Å². The molecule has 114 valence electrons. The van der Waals surface area contributed by atoms with Gasteiger partial charge in [0.15, 0.2) is 5.69 Å². The van der Waals surface area contributed by atoms with Crippen molar-refractivity contribution in [1.29, 1.82) is 0 Å². The number of hydrogen-bond donors (Lipinski definition) is 0. The van der Waals surface area contributed by atoms with Crippen molar-refractivity contribution in [1.82, 2.24) is 19.7 Å². The van der Waals surface area contributed by atoms with Crippen LogP contribution < -0.4 is 4.90 Å². The van der Waals surface area contributed by atoms with Gasteiger partial charge in [0.25, 0.3) is 0 Å². The van der Waals surface area contributed by atoms with Crippen molar-refractivity contribution in [3.05, 3.63) is 23.7 Å². The van der Waals surface area contributed by atoms with Gasteiger partial charge in [-0.3, -0.25) is 4.68 Å². The topological polar surface area (TPSA) is 46.8 Å². The summed E-state index contributed by atoms with van der Waals surface area (Å²) in [7, 11) is 3.20. The first-order valence-corrected chi connectivity index (χ1v) is 6.40. The van der Waals surface area contributed by atoms with Crippen molar-refractivity contribution < 1.29 is 13.2 Å². The van der Waals surface area contributed by atoms with Crippen LogP contribution in [0.2, 0.25) is 0 Å². The lowest BCUT2D eigenvalue weighted by molar-refractivity contribution is -0.141. The summed E-state index contributed by atoms with van der Waals surface area (Å²) in [4.78, 5) is 9.18. The number of alkyl halides is 3. The number of aromatic nitrogens is 4. The molecule has 8 heteroatoms. The zero-order chi connectivity index (χ0) is 15.8. The summed E-state index contributed by atoms with van der Waals surface area (Å²) < 4.78 is 40.6. The van der Waals surface area contributed by atoms with Crippen LogP contribution in [0.15, 0.2) is 12.3 Å². The van der Waals surface area contributed by atoms with Crippen LogP contribution in [-0.4, -0.2) is 33.8 Å². The lowest BCUT2D eigenvalue weighted by Gasteiger charge is -2.14. The Morgan fingerprint density at radius 2 is 1.90 bits per heavy atom. The molecule has 0 fully saturated rings. The van der Waals surface area contributed by atoms with E-state index in [0.717, 1.165) is 6.07 Å². The first kappa shape index (κ1) is 15.3. The highest BCUT2D eigenvalue weighted by molar-refractivity contribution is 5.62. The Labute approximate surface area is 120 Å². The quantitative estimate of drug-likeness (QED) is 0.874. The summed E-state index contributed by atoms with van der Waals surface area (Å²) in [6, 6.07) is 0.955. The second-order valence-corrected chi connectivity index (χ2v) is 4.81. The minimum atomic E-state index is -4.52. The first-order chi connectivity index (χ1) is 9.72. The van der Waals surface area contributed by atoms with E-state index in [1.165, 1.54) is 4.90 Å². The fraction of sp³-hybridized carbons (Fsp3) is 0.462. The normalized spacial score (nSPS) is 11.8. The molecule has 2 rings (SSSR count). The number of anilines is 1. The molecular formula is C13H16F3N5. The van der Waals surface area contributed by atoms with Gasteiger partial charge >= 0.3 is 6.18 Å². The Kier molecular flexibility index (Phi) is 3.89. The summed E-state index contributed by atoms with van der Waals surface area (Å²) in [6.45, 7) is 4.29. The maximum Gasteiger partial charge on any atom is 0.433 e. The molecule has 0 bridgehead atoms. The lowest BCUT2D eigenvalue weighted by Crippen LogP contribution is -2.17. The van der Waals surface area contributed by atoms with Gasteiger partial charge in [-0.25, -0.2) is 9.97 Å². The predicted molar refractivity (Wildman–Crippen MR) is 73.0 cm³/mol. The molecule has 0 unspecified atom stereocenters. The largest absolute Gasteiger partial charge is 0.433 e.